The normalized spacial score (nSPS) is 15.5. The molecule has 0 spiro atoms. The summed E-state index contributed by atoms with van der Waals surface area (Å²) in [5.74, 6) is -0.387. The minimum absolute atomic E-state index is 0.0652. The molecule has 168 valence electrons. The summed E-state index contributed by atoms with van der Waals surface area (Å²) in [6, 6.07) is 8.46. The minimum atomic E-state index is -4.80. The molecule has 0 aromatic heterocycles. The molecule has 31 heavy (non-hydrogen) atoms. The van der Waals surface area contributed by atoms with Gasteiger partial charge in [0.25, 0.3) is 5.69 Å². The molecule has 9 nitrogen and oxygen atoms in total. The Kier molecular flexibility index (Phi) is 6.67. The molecule has 1 N–H and O–H groups in total. The highest BCUT2D eigenvalue weighted by Gasteiger charge is 2.31. The van der Waals surface area contributed by atoms with Crippen molar-refractivity contribution < 1.29 is 36.0 Å². The SMILES string of the molecule is O=[N+]([O-])c1ccc(NCc2ccc(OC(F)(F)F)cc2)c(S(=O)(=O)N2CCOCC2)c1. The van der Waals surface area contributed by atoms with Gasteiger partial charge in [-0.05, 0) is 23.8 Å². The van der Waals surface area contributed by atoms with Crippen LogP contribution in [0, 0.1) is 10.1 Å². The second-order valence-corrected chi connectivity index (χ2v) is 8.41. The van der Waals surface area contributed by atoms with Gasteiger partial charge >= 0.3 is 6.36 Å². The summed E-state index contributed by atoms with van der Waals surface area (Å²) in [7, 11) is -4.04. The number of nitrogens with zero attached hydrogens (tertiary/aromatic N) is 2. The standard InChI is InChI=1S/C18H18F3N3O6S/c19-18(20,21)30-15-4-1-13(2-5-15)12-22-16-6-3-14(24(25)26)11-17(16)31(27,28)23-7-9-29-10-8-23/h1-6,11,22H,7-10,12H2. The predicted molar refractivity (Wildman–Crippen MR) is 103 cm³/mol. The molecular formula is C18H18F3N3O6S. The molecule has 0 amide bonds. The van der Waals surface area contributed by atoms with E-state index < -0.39 is 21.3 Å². The lowest BCUT2D eigenvalue weighted by atomic mass is 10.2. The molecule has 1 aliphatic heterocycles. The number of anilines is 1. The number of ether oxygens (including phenoxy) is 2. The van der Waals surface area contributed by atoms with Crippen LogP contribution in [0.1, 0.15) is 5.56 Å². The number of alkyl halides is 3. The number of nitro benzene ring substituents is 1. The van der Waals surface area contributed by atoms with Crippen LogP contribution in [0.2, 0.25) is 0 Å². The summed E-state index contributed by atoms with van der Waals surface area (Å²) < 4.78 is 73.0. The Morgan fingerprint density at radius 2 is 1.77 bits per heavy atom. The van der Waals surface area contributed by atoms with E-state index in [9.17, 15) is 31.7 Å². The molecule has 1 aliphatic rings. The van der Waals surface area contributed by atoms with Gasteiger partial charge in [-0.1, -0.05) is 12.1 Å². The summed E-state index contributed by atoms with van der Waals surface area (Å²) in [6.45, 7) is 0.721. The maximum Gasteiger partial charge on any atom is 0.573 e. The lowest BCUT2D eigenvalue weighted by Crippen LogP contribution is -2.40. The number of rotatable bonds is 7. The summed E-state index contributed by atoms with van der Waals surface area (Å²) in [5, 5.41) is 14.0. The molecule has 1 fully saturated rings. The molecule has 0 aliphatic carbocycles. The molecule has 0 radical (unpaired) electrons. The summed E-state index contributed by atoms with van der Waals surface area (Å²) >= 11 is 0. The van der Waals surface area contributed by atoms with Crippen molar-refractivity contribution in [3.63, 3.8) is 0 Å². The van der Waals surface area contributed by atoms with Crippen LogP contribution in [0.25, 0.3) is 0 Å². The number of morpholine rings is 1. The van der Waals surface area contributed by atoms with E-state index in [1.165, 1.54) is 28.6 Å². The van der Waals surface area contributed by atoms with E-state index in [-0.39, 0.29) is 54.9 Å². The summed E-state index contributed by atoms with van der Waals surface area (Å²) in [4.78, 5) is 10.2. The van der Waals surface area contributed by atoms with Crippen LogP contribution >= 0.6 is 0 Å². The molecule has 2 aromatic carbocycles. The smallest absolute Gasteiger partial charge is 0.406 e. The van der Waals surface area contributed by atoms with Gasteiger partial charge in [0.15, 0.2) is 0 Å². The van der Waals surface area contributed by atoms with Crippen molar-refractivity contribution in [3.8, 4) is 5.75 Å². The van der Waals surface area contributed by atoms with Crippen LogP contribution in [-0.4, -0.2) is 50.3 Å². The molecule has 1 heterocycles. The molecule has 0 saturated carbocycles. The third-order valence-electron chi connectivity index (χ3n) is 4.40. The van der Waals surface area contributed by atoms with E-state index in [2.05, 4.69) is 10.1 Å². The van der Waals surface area contributed by atoms with Gasteiger partial charge in [-0.15, -0.1) is 13.2 Å². The van der Waals surface area contributed by atoms with Crippen LogP contribution in [0.3, 0.4) is 0 Å². The van der Waals surface area contributed by atoms with Crippen molar-refractivity contribution in [3.05, 3.63) is 58.1 Å². The van der Waals surface area contributed by atoms with Gasteiger partial charge in [0.2, 0.25) is 10.0 Å². The number of non-ortho nitro benzene ring substituents is 1. The first-order valence-electron chi connectivity index (χ1n) is 9.01. The molecular weight excluding hydrogens is 443 g/mol. The monoisotopic (exact) mass is 461 g/mol. The Balaban J connectivity index is 1.83. The zero-order valence-corrected chi connectivity index (χ0v) is 16.8. The second-order valence-electron chi connectivity index (χ2n) is 6.50. The highest BCUT2D eigenvalue weighted by Crippen LogP contribution is 2.30. The topological polar surface area (TPSA) is 111 Å². The molecule has 2 aromatic rings. The fourth-order valence-electron chi connectivity index (χ4n) is 2.92. The van der Waals surface area contributed by atoms with Crippen molar-refractivity contribution in [1.29, 1.82) is 0 Å². The van der Waals surface area contributed by atoms with Gasteiger partial charge in [0.05, 0.1) is 23.8 Å². The Morgan fingerprint density at radius 3 is 2.35 bits per heavy atom. The van der Waals surface area contributed by atoms with Crippen molar-refractivity contribution in [2.45, 2.75) is 17.8 Å². The van der Waals surface area contributed by atoms with Crippen molar-refractivity contribution in [2.75, 3.05) is 31.6 Å². The van der Waals surface area contributed by atoms with Gasteiger partial charge in [0.1, 0.15) is 10.6 Å². The van der Waals surface area contributed by atoms with Crippen LogP contribution in [0.15, 0.2) is 47.4 Å². The average Bonchev–Trinajstić information content (AvgIpc) is 2.72. The van der Waals surface area contributed by atoms with Crippen molar-refractivity contribution in [1.82, 2.24) is 4.31 Å². The van der Waals surface area contributed by atoms with Gasteiger partial charge in [0, 0.05) is 31.8 Å². The number of benzene rings is 2. The fourth-order valence-corrected chi connectivity index (χ4v) is 4.51. The Morgan fingerprint density at radius 1 is 1.13 bits per heavy atom. The Labute approximate surface area is 175 Å². The number of sulfonamides is 1. The Hall–Kier alpha value is -2.90. The van der Waals surface area contributed by atoms with Crippen LogP contribution < -0.4 is 10.1 Å². The lowest BCUT2D eigenvalue weighted by molar-refractivity contribution is -0.385. The van der Waals surface area contributed by atoms with Gasteiger partial charge < -0.3 is 14.8 Å². The first-order chi connectivity index (χ1) is 14.6. The molecule has 0 unspecified atom stereocenters. The van der Waals surface area contributed by atoms with Crippen LogP contribution in [0.5, 0.6) is 5.75 Å². The zero-order valence-electron chi connectivity index (χ0n) is 16.0. The van der Waals surface area contributed by atoms with E-state index in [0.29, 0.717) is 5.56 Å². The predicted octanol–water partition coefficient (Wildman–Crippen LogP) is 3.13. The van der Waals surface area contributed by atoms with Crippen LogP contribution in [-0.2, 0) is 21.3 Å². The van der Waals surface area contributed by atoms with E-state index in [4.69, 9.17) is 4.74 Å². The van der Waals surface area contributed by atoms with Gasteiger partial charge in [-0.2, -0.15) is 4.31 Å². The number of nitrogens with one attached hydrogen (secondary N) is 1. The minimum Gasteiger partial charge on any atom is -0.406 e. The van der Waals surface area contributed by atoms with Crippen LogP contribution in [0.4, 0.5) is 24.5 Å². The number of halogens is 3. The van der Waals surface area contributed by atoms with E-state index in [1.54, 1.807) is 0 Å². The zero-order chi connectivity index (χ0) is 22.6. The fraction of sp³-hybridized carbons (Fsp3) is 0.333. The second kappa shape index (κ2) is 9.08. The summed E-state index contributed by atoms with van der Waals surface area (Å²) in [5.41, 5.74) is 0.293. The highest BCUT2D eigenvalue weighted by atomic mass is 32.2. The number of hydrogen-bond donors (Lipinski definition) is 1. The first-order valence-corrected chi connectivity index (χ1v) is 10.5. The molecule has 3 rings (SSSR count). The average molecular weight is 461 g/mol. The van der Waals surface area contributed by atoms with E-state index in [0.717, 1.165) is 18.2 Å². The third kappa shape index (κ3) is 5.83. The van der Waals surface area contributed by atoms with E-state index >= 15 is 0 Å². The lowest BCUT2D eigenvalue weighted by Gasteiger charge is -2.27. The first kappa shape index (κ1) is 22.8. The maximum absolute atomic E-state index is 13.1. The molecule has 0 bridgehead atoms. The summed E-state index contributed by atoms with van der Waals surface area (Å²) in [6.07, 6.45) is -4.80. The van der Waals surface area contributed by atoms with Crippen molar-refractivity contribution in [2.24, 2.45) is 0 Å². The van der Waals surface area contributed by atoms with E-state index in [1.807, 2.05) is 0 Å². The molecule has 0 atom stereocenters. The van der Waals surface area contributed by atoms with Crippen molar-refractivity contribution >= 4 is 21.4 Å². The molecule has 1 saturated heterocycles. The van der Waals surface area contributed by atoms with Gasteiger partial charge in [-0.25, -0.2) is 8.42 Å². The third-order valence-corrected chi connectivity index (χ3v) is 6.34. The number of hydrogen-bond acceptors (Lipinski definition) is 7. The quantitative estimate of drug-likeness (QED) is 0.498. The largest absolute Gasteiger partial charge is 0.573 e. The van der Waals surface area contributed by atoms with Gasteiger partial charge in [-0.3, -0.25) is 10.1 Å². The molecule has 13 heteroatoms. The number of nitro groups is 1. The highest BCUT2D eigenvalue weighted by molar-refractivity contribution is 7.89. The maximum atomic E-state index is 13.1. The Bertz CT molecular complexity index is 1040.